The summed E-state index contributed by atoms with van der Waals surface area (Å²) in [5.74, 6) is -0.613. The number of carbonyl (C=O) groups excluding carboxylic acids is 2. The Morgan fingerprint density at radius 2 is 1.80 bits per heavy atom. The highest BCUT2D eigenvalue weighted by Gasteiger charge is 2.02. The van der Waals surface area contributed by atoms with Gasteiger partial charge in [-0.3, -0.25) is 4.79 Å². The van der Waals surface area contributed by atoms with Crippen LogP contribution < -0.4 is 0 Å². The number of carbonyl (C=O) groups is 2. The molecule has 0 saturated carbocycles. The summed E-state index contributed by atoms with van der Waals surface area (Å²) in [6.45, 7) is 2.92. The molecular weight excluding hydrogens is 132 g/mol. The van der Waals surface area contributed by atoms with Crippen molar-refractivity contribution in [1.82, 2.24) is 0 Å². The van der Waals surface area contributed by atoms with Crippen molar-refractivity contribution in [2.24, 2.45) is 0 Å². The van der Waals surface area contributed by atoms with Crippen LogP contribution in [0.5, 0.6) is 0 Å². The third-order valence-electron chi connectivity index (χ3n) is 0.927. The van der Waals surface area contributed by atoms with E-state index in [2.05, 4.69) is 4.74 Å². The van der Waals surface area contributed by atoms with E-state index in [0.29, 0.717) is 5.57 Å². The molecule has 0 N–H and O–H groups in total. The van der Waals surface area contributed by atoms with Crippen molar-refractivity contribution in [1.29, 1.82) is 0 Å². The summed E-state index contributed by atoms with van der Waals surface area (Å²) in [6.07, 6.45) is 1.24. The number of methoxy groups -OCH3 is 1. The number of rotatable bonds is 2. The van der Waals surface area contributed by atoms with E-state index in [9.17, 15) is 9.59 Å². The van der Waals surface area contributed by atoms with E-state index >= 15 is 0 Å². The van der Waals surface area contributed by atoms with Crippen LogP contribution in [0.3, 0.4) is 0 Å². The predicted octanol–water partition coefficient (Wildman–Crippen LogP) is 0.695. The molecule has 0 aliphatic heterocycles. The second-order valence-corrected chi connectivity index (χ2v) is 1.93. The third-order valence-corrected chi connectivity index (χ3v) is 0.927. The first-order valence-corrected chi connectivity index (χ1v) is 2.85. The first-order chi connectivity index (χ1) is 4.57. The largest absolute Gasteiger partial charge is 0.466 e. The van der Waals surface area contributed by atoms with Crippen LogP contribution in [-0.4, -0.2) is 18.9 Å². The second-order valence-electron chi connectivity index (χ2n) is 1.93. The maximum Gasteiger partial charge on any atom is 0.333 e. The Bertz CT molecular complexity index is 179. The lowest BCUT2D eigenvalue weighted by atomic mass is 10.2. The van der Waals surface area contributed by atoms with Gasteiger partial charge in [0, 0.05) is 5.57 Å². The molecule has 0 aliphatic rings. The van der Waals surface area contributed by atoms with Crippen LogP contribution in [0.2, 0.25) is 0 Å². The minimum Gasteiger partial charge on any atom is -0.466 e. The molecule has 0 amide bonds. The molecule has 3 nitrogen and oxygen atoms in total. The molecule has 0 radical (unpaired) electrons. The lowest BCUT2D eigenvalue weighted by molar-refractivity contribution is -0.136. The van der Waals surface area contributed by atoms with Gasteiger partial charge in [-0.25, -0.2) is 4.79 Å². The Morgan fingerprint density at radius 1 is 1.30 bits per heavy atom. The third kappa shape index (κ3) is 3.02. The van der Waals surface area contributed by atoms with E-state index in [4.69, 9.17) is 0 Å². The highest BCUT2D eigenvalue weighted by molar-refractivity contribution is 5.97. The highest BCUT2D eigenvalue weighted by atomic mass is 16.5. The SMILES string of the molecule is COC(=O)/C(C)=C/C(C)=O. The summed E-state index contributed by atoms with van der Waals surface area (Å²) in [4.78, 5) is 21.0. The van der Waals surface area contributed by atoms with E-state index in [1.807, 2.05) is 0 Å². The van der Waals surface area contributed by atoms with Crippen LogP contribution in [0.4, 0.5) is 0 Å². The maximum atomic E-state index is 10.6. The Labute approximate surface area is 59.7 Å². The van der Waals surface area contributed by atoms with Gasteiger partial charge in [0.1, 0.15) is 0 Å². The molecule has 0 saturated heterocycles. The molecule has 0 aliphatic carbocycles. The zero-order chi connectivity index (χ0) is 8.15. The van der Waals surface area contributed by atoms with Gasteiger partial charge in [0.25, 0.3) is 0 Å². The van der Waals surface area contributed by atoms with E-state index in [1.54, 1.807) is 0 Å². The van der Waals surface area contributed by atoms with Crippen molar-refractivity contribution >= 4 is 11.8 Å². The van der Waals surface area contributed by atoms with Crippen LogP contribution >= 0.6 is 0 Å². The zero-order valence-electron chi connectivity index (χ0n) is 6.30. The molecule has 0 rings (SSSR count). The van der Waals surface area contributed by atoms with E-state index in [1.165, 1.54) is 27.0 Å². The number of hydrogen-bond donors (Lipinski definition) is 0. The lowest BCUT2D eigenvalue weighted by Crippen LogP contribution is -2.02. The molecule has 56 valence electrons. The molecule has 0 heterocycles. The van der Waals surface area contributed by atoms with Crippen molar-refractivity contribution in [3.05, 3.63) is 11.6 Å². The van der Waals surface area contributed by atoms with Crippen molar-refractivity contribution in [2.45, 2.75) is 13.8 Å². The topological polar surface area (TPSA) is 43.4 Å². The molecule has 0 bridgehead atoms. The number of allylic oxidation sites excluding steroid dienone is 1. The van der Waals surface area contributed by atoms with E-state index in [-0.39, 0.29) is 5.78 Å². The smallest absolute Gasteiger partial charge is 0.333 e. The molecule has 0 aromatic carbocycles. The molecule has 0 spiro atoms. The average Bonchev–Trinajstić information content (AvgIpc) is 1.85. The van der Waals surface area contributed by atoms with Gasteiger partial charge in [-0.2, -0.15) is 0 Å². The zero-order valence-corrected chi connectivity index (χ0v) is 6.30. The fraction of sp³-hybridized carbons (Fsp3) is 0.429. The highest BCUT2D eigenvalue weighted by Crippen LogP contribution is 1.94. The quantitative estimate of drug-likeness (QED) is 0.421. The first kappa shape index (κ1) is 8.88. The Balaban J connectivity index is 4.19. The van der Waals surface area contributed by atoms with Crippen molar-refractivity contribution < 1.29 is 14.3 Å². The maximum absolute atomic E-state index is 10.6. The van der Waals surface area contributed by atoms with Crippen molar-refractivity contribution in [3.63, 3.8) is 0 Å². The summed E-state index contributed by atoms with van der Waals surface area (Å²) < 4.78 is 4.35. The second kappa shape index (κ2) is 3.82. The number of hydrogen-bond acceptors (Lipinski definition) is 3. The number of esters is 1. The van der Waals surface area contributed by atoms with Crippen molar-refractivity contribution in [3.8, 4) is 0 Å². The predicted molar refractivity (Wildman–Crippen MR) is 36.5 cm³/mol. The molecule has 0 aromatic rings. The van der Waals surface area contributed by atoms with Crippen LogP contribution in [0.1, 0.15) is 13.8 Å². The minimum atomic E-state index is -0.463. The first-order valence-electron chi connectivity index (χ1n) is 2.85. The van der Waals surface area contributed by atoms with Gasteiger partial charge < -0.3 is 4.74 Å². The Kier molecular flexibility index (Phi) is 3.39. The summed E-state index contributed by atoms with van der Waals surface area (Å²) in [5, 5.41) is 0. The molecule has 0 fully saturated rings. The van der Waals surface area contributed by atoms with Crippen LogP contribution in [0.15, 0.2) is 11.6 Å². The lowest BCUT2D eigenvalue weighted by Gasteiger charge is -1.95. The van der Waals surface area contributed by atoms with Gasteiger partial charge in [-0.1, -0.05) is 0 Å². The van der Waals surface area contributed by atoms with Gasteiger partial charge in [-0.15, -0.1) is 0 Å². The van der Waals surface area contributed by atoms with Gasteiger partial charge in [0.15, 0.2) is 5.78 Å². The van der Waals surface area contributed by atoms with Crippen LogP contribution in [0, 0.1) is 0 Å². The van der Waals surface area contributed by atoms with Crippen LogP contribution in [0.25, 0.3) is 0 Å². The standard InChI is InChI=1S/C7H10O3/c1-5(4-6(2)8)7(9)10-3/h4H,1-3H3/b5-4+. The number of ketones is 1. The van der Waals surface area contributed by atoms with Gasteiger partial charge >= 0.3 is 5.97 Å². The van der Waals surface area contributed by atoms with Gasteiger partial charge in [0.05, 0.1) is 7.11 Å². The Hall–Kier alpha value is -1.12. The van der Waals surface area contributed by atoms with E-state index < -0.39 is 5.97 Å². The van der Waals surface area contributed by atoms with Gasteiger partial charge in [-0.05, 0) is 19.9 Å². The molecule has 10 heavy (non-hydrogen) atoms. The molecule has 0 unspecified atom stereocenters. The summed E-state index contributed by atoms with van der Waals surface area (Å²) in [6, 6.07) is 0. The normalized spacial score (nSPS) is 10.9. The fourth-order valence-corrected chi connectivity index (χ4v) is 0.525. The summed E-state index contributed by atoms with van der Waals surface area (Å²) in [5.41, 5.74) is 0.329. The van der Waals surface area contributed by atoms with E-state index in [0.717, 1.165) is 0 Å². The van der Waals surface area contributed by atoms with Gasteiger partial charge in [0.2, 0.25) is 0 Å². The summed E-state index contributed by atoms with van der Waals surface area (Å²) in [7, 11) is 1.28. The average molecular weight is 142 g/mol. The molecule has 3 heteroatoms. The molecule has 0 atom stereocenters. The Morgan fingerprint density at radius 3 is 2.10 bits per heavy atom. The fourth-order valence-electron chi connectivity index (χ4n) is 0.525. The monoisotopic (exact) mass is 142 g/mol. The van der Waals surface area contributed by atoms with Crippen molar-refractivity contribution in [2.75, 3.05) is 7.11 Å². The number of ether oxygens (including phenoxy) is 1. The summed E-state index contributed by atoms with van der Waals surface area (Å²) >= 11 is 0. The minimum absolute atomic E-state index is 0.150. The molecular formula is C7H10O3. The molecule has 0 aromatic heterocycles. The van der Waals surface area contributed by atoms with Crippen LogP contribution in [-0.2, 0) is 14.3 Å².